The molecule has 0 saturated carbocycles. The molecule has 0 radical (unpaired) electrons. The number of nitrogens with one attached hydrogen (secondary N) is 1. The fraction of sp³-hybridized carbons (Fsp3) is 0.227. The van der Waals surface area contributed by atoms with Gasteiger partial charge in [-0.2, -0.15) is 0 Å². The van der Waals surface area contributed by atoms with Crippen LogP contribution in [0, 0.1) is 0 Å². The normalized spacial score (nSPS) is 13.7. The second-order valence-electron chi connectivity index (χ2n) is 6.94. The summed E-state index contributed by atoms with van der Waals surface area (Å²) in [6.07, 6.45) is 3.17. The second-order valence-corrected chi connectivity index (χ2v) is 7.35. The monoisotopic (exact) mass is 440 g/mol. The molecule has 0 atom stereocenters. The number of halogens is 1. The van der Waals surface area contributed by atoms with E-state index >= 15 is 0 Å². The van der Waals surface area contributed by atoms with E-state index in [9.17, 15) is 9.59 Å². The first-order chi connectivity index (χ1) is 15.1. The summed E-state index contributed by atoms with van der Waals surface area (Å²) in [5.41, 5.74) is 1.36. The molecule has 1 fully saturated rings. The van der Waals surface area contributed by atoms with Gasteiger partial charge in [0.15, 0.2) is 5.76 Å². The summed E-state index contributed by atoms with van der Waals surface area (Å²) in [5.74, 6) is 0.645. The second kappa shape index (κ2) is 9.53. The Morgan fingerprint density at radius 1 is 1.06 bits per heavy atom. The fourth-order valence-electron chi connectivity index (χ4n) is 3.20. The van der Waals surface area contributed by atoms with Gasteiger partial charge in [0, 0.05) is 38.1 Å². The molecule has 3 amide bonds. The lowest BCUT2D eigenvalue weighted by Crippen LogP contribution is -2.51. The first kappa shape index (κ1) is 20.7. The van der Waals surface area contributed by atoms with Crippen molar-refractivity contribution in [1.29, 1.82) is 0 Å². The number of ether oxygens (including phenoxy) is 1. The summed E-state index contributed by atoms with van der Waals surface area (Å²) < 4.78 is 10.9. The molecule has 2 aromatic heterocycles. The SMILES string of the molecule is O=C(Nc1ccc(OCc2ccccn2)c(Cl)c1)N1CCN(C(=O)c2ccco2)CC1. The van der Waals surface area contributed by atoms with Gasteiger partial charge in [0.1, 0.15) is 12.4 Å². The van der Waals surface area contributed by atoms with Crippen molar-refractivity contribution in [2.24, 2.45) is 0 Å². The molecule has 0 spiro atoms. The zero-order valence-electron chi connectivity index (χ0n) is 16.7. The molecule has 1 aliphatic rings. The van der Waals surface area contributed by atoms with Gasteiger partial charge in [0.2, 0.25) is 0 Å². The maximum atomic E-state index is 12.6. The Kier molecular flexibility index (Phi) is 6.37. The predicted octanol–water partition coefficient (Wildman–Crippen LogP) is 3.90. The van der Waals surface area contributed by atoms with Crippen LogP contribution in [0.5, 0.6) is 5.75 Å². The molecule has 9 heteroatoms. The maximum absolute atomic E-state index is 12.6. The number of nitrogens with zero attached hydrogens (tertiary/aromatic N) is 3. The maximum Gasteiger partial charge on any atom is 0.321 e. The summed E-state index contributed by atoms with van der Waals surface area (Å²) >= 11 is 6.30. The van der Waals surface area contributed by atoms with Crippen LogP contribution in [0.1, 0.15) is 16.2 Å². The Bertz CT molecular complexity index is 1030. The molecule has 0 aliphatic carbocycles. The molecule has 0 unspecified atom stereocenters. The zero-order valence-corrected chi connectivity index (χ0v) is 17.4. The highest BCUT2D eigenvalue weighted by atomic mass is 35.5. The molecular formula is C22H21ClN4O4. The summed E-state index contributed by atoms with van der Waals surface area (Å²) in [5, 5.41) is 3.23. The van der Waals surface area contributed by atoms with Crippen molar-refractivity contribution in [2.45, 2.75) is 6.61 Å². The van der Waals surface area contributed by atoms with Crippen LogP contribution in [0.4, 0.5) is 10.5 Å². The lowest BCUT2D eigenvalue weighted by Gasteiger charge is -2.34. The van der Waals surface area contributed by atoms with Crippen LogP contribution in [0.2, 0.25) is 5.02 Å². The number of hydrogen-bond acceptors (Lipinski definition) is 5. The van der Waals surface area contributed by atoms with E-state index < -0.39 is 0 Å². The van der Waals surface area contributed by atoms with Gasteiger partial charge in [-0.25, -0.2) is 4.79 Å². The highest BCUT2D eigenvalue weighted by Gasteiger charge is 2.26. The van der Waals surface area contributed by atoms with Gasteiger partial charge in [0.25, 0.3) is 5.91 Å². The number of piperazine rings is 1. The average Bonchev–Trinajstić information content (AvgIpc) is 3.34. The number of aromatic nitrogens is 1. The van der Waals surface area contributed by atoms with E-state index in [2.05, 4.69) is 10.3 Å². The third-order valence-electron chi connectivity index (χ3n) is 4.87. The highest BCUT2D eigenvalue weighted by molar-refractivity contribution is 6.32. The van der Waals surface area contributed by atoms with Crippen LogP contribution < -0.4 is 10.1 Å². The highest BCUT2D eigenvalue weighted by Crippen LogP contribution is 2.28. The van der Waals surface area contributed by atoms with Gasteiger partial charge in [-0.1, -0.05) is 17.7 Å². The number of urea groups is 1. The van der Waals surface area contributed by atoms with Gasteiger partial charge in [0.05, 0.1) is 17.0 Å². The Morgan fingerprint density at radius 2 is 1.87 bits per heavy atom. The molecule has 4 rings (SSSR count). The van der Waals surface area contributed by atoms with Crippen molar-refractivity contribution in [1.82, 2.24) is 14.8 Å². The van der Waals surface area contributed by atoms with Crippen molar-refractivity contribution in [3.8, 4) is 5.75 Å². The van der Waals surface area contributed by atoms with Crippen LogP contribution in [0.25, 0.3) is 0 Å². The molecule has 8 nitrogen and oxygen atoms in total. The smallest absolute Gasteiger partial charge is 0.321 e. The van der Waals surface area contributed by atoms with Crippen LogP contribution >= 0.6 is 11.6 Å². The first-order valence-electron chi connectivity index (χ1n) is 9.81. The van der Waals surface area contributed by atoms with Crippen molar-refractivity contribution in [2.75, 3.05) is 31.5 Å². The van der Waals surface area contributed by atoms with Gasteiger partial charge >= 0.3 is 6.03 Å². The Morgan fingerprint density at radius 3 is 2.55 bits per heavy atom. The number of anilines is 1. The largest absolute Gasteiger partial charge is 0.486 e. The Labute approximate surface area is 184 Å². The number of pyridine rings is 1. The number of amides is 3. The van der Waals surface area contributed by atoms with E-state index in [1.165, 1.54) is 6.26 Å². The molecule has 3 aromatic rings. The van der Waals surface area contributed by atoms with E-state index in [0.717, 1.165) is 5.69 Å². The predicted molar refractivity (Wildman–Crippen MR) is 115 cm³/mol. The van der Waals surface area contributed by atoms with Crippen molar-refractivity contribution in [3.63, 3.8) is 0 Å². The first-order valence-corrected chi connectivity index (χ1v) is 10.2. The van der Waals surface area contributed by atoms with Gasteiger partial charge in [-0.3, -0.25) is 9.78 Å². The molecule has 3 heterocycles. The van der Waals surface area contributed by atoms with E-state index in [-0.39, 0.29) is 11.9 Å². The minimum absolute atomic E-state index is 0.168. The number of furan rings is 1. The number of rotatable bonds is 5. The van der Waals surface area contributed by atoms with Gasteiger partial charge in [-0.05, 0) is 42.5 Å². The number of hydrogen-bond donors (Lipinski definition) is 1. The standard InChI is InChI=1S/C22H21ClN4O4/c23-18-14-16(6-7-19(18)31-15-17-4-1-2-8-24-17)25-22(29)27-11-9-26(10-12-27)21(28)20-5-3-13-30-20/h1-8,13-14H,9-12,15H2,(H,25,29). The lowest BCUT2D eigenvalue weighted by atomic mass is 10.2. The molecule has 1 saturated heterocycles. The molecule has 0 bridgehead atoms. The topological polar surface area (TPSA) is 87.9 Å². The molecule has 1 N–H and O–H groups in total. The quantitative estimate of drug-likeness (QED) is 0.650. The summed E-state index contributed by atoms with van der Waals surface area (Å²) in [6.45, 7) is 2.03. The van der Waals surface area contributed by atoms with E-state index in [1.807, 2.05) is 18.2 Å². The minimum atomic E-state index is -0.247. The van der Waals surface area contributed by atoms with Crippen LogP contribution in [-0.4, -0.2) is 52.9 Å². The summed E-state index contributed by atoms with van der Waals surface area (Å²) in [6, 6.07) is 13.7. The third-order valence-corrected chi connectivity index (χ3v) is 5.17. The lowest BCUT2D eigenvalue weighted by molar-refractivity contribution is 0.0640. The number of carbonyl (C=O) groups excluding carboxylic acids is 2. The summed E-state index contributed by atoms with van der Waals surface area (Å²) in [4.78, 5) is 32.4. The van der Waals surface area contributed by atoms with E-state index in [0.29, 0.717) is 55.0 Å². The van der Waals surface area contributed by atoms with Crippen LogP contribution in [0.15, 0.2) is 65.4 Å². The molecule has 160 valence electrons. The molecule has 31 heavy (non-hydrogen) atoms. The zero-order chi connectivity index (χ0) is 21.6. The van der Waals surface area contributed by atoms with Crippen molar-refractivity contribution in [3.05, 3.63) is 77.5 Å². The summed E-state index contributed by atoms with van der Waals surface area (Å²) in [7, 11) is 0. The fourth-order valence-corrected chi connectivity index (χ4v) is 3.44. The van der Waals surface area contributed by atoms with E-state index in [1.54, 1.807) is 46.3 Å². The molecule has 1 aliphatic heterocycles. The van der Waals surface area contributed by atoms with Crippen molar-refractivity contribution < 1.29 is 18.7 Å². The average molecular weight is 441 g/mol. The van der Waals surface area contributed by atoms with Crippen LogP contribution in [-0.2, 0) is 6.61 Å². The van der Waals surface area contributed by atoms with Crippen LogP contribution in [0.3, 0.4) is 0 Å². The number of carbonyl (C=O) groups is 2. The third kappa shape index (κ3) is 5.16. The Balaban J connectivity index is 1.28. The minimum Gasteiger partial charge on any atom is -0.486 e. The van der Waals surface area contributed by atoms with Gasteiger partial charge in [-0.15, -0.1) is 0 Å². The Hall–Kier alpha value is -3.52. The molecule has 1 aromatic carbocycles. The van der Waals surface area contributed by atoms with E-state index in [4.69, 9.17) is 20.8 Å². The van der Waals surface area contributed by atoms with Gasteiger partial charge < -0.3 is 24.3 Å². The number of benzene rings is 1. The molecular weight excluding hydrogens is 420 g/mol. The van der Waals surface area contributed by atoms with Crippen molar-refractivity contribution >= 4 is 29.2 Å².